The van der Waals surface area contributed by atoms with Crippen LogP contribution in [0.5, 0.6) is 5.75 Å². The highest BCUT2D eigenvalue weighted by atomic mass is 19.1. The standard InChI is InChI=1S/C14H22FNO2/c1-9(7-10(2)17)16-11(3)12-5-6-14(18-4)13(15)8-12/h5-6,8-11,16-17H,7H2,1-4H3. The molecule has 0 bridgehead atoms. The SMILES string of the molecule is COc1ccc(C(C)NC(C)CC(C)O)cc1F. The first-order chi connectivity index (χ1) is 8.43. The molecule has 0 saturated carbocycles. The van der Waals surface area contributed by atoms with Crippen molar-refractivity contribution < 1.29 is 14.2 Å². The van der Waals surface area contributed by atoms with E-state index in [1.165, 1.54) is 13.2 Å². The second-order valence-electron chi connectivity index (χ2n) is 4.77. The average Bonchev–Trinajstić information content (AvgIpc) is 2.27. The molecule has 3 unspecified atom stereocenters. The summed E-state index contributed by atoms with van der Waals surface area (Å²) in [7, 11) is 1.45. The van der Waals surface area contributed by atoms with E-state index < -0.39 is 0 Å². The Balaban J connectivity index is 2.66. The van der Waals surface area contributed by atoms with Gasteiger partial charge in [0.15, 0.2) is 11.6 Å². The van der Waals surface area contributed by atoms with Crippen molar-refractivity contribution in [1.29, 1.82) is 0 Å². The molecule has 1 aromatic rings. The maximum Gasteiger partial charge on any atom is 0.165 e. The van der Waals surface area contributed by atoms with Gasteiger partial charge >= 0.3 is 0 Å². The minimum absolute atomic E-state index is 0.0270. The summed E-state index contributed by atoms with van der Waals surface area (Å²) in [5.41, 5.74) is 0.866. The third-order valence-corrected chi connectivity index (χ3v) is 2.91. The van der Waals surface area contributed by atoms with Gasteiger partial charge in [-0.05, 0) is 44.9 Å². The zero-order chi connectivity index (χ0) is 13.7. The zero-order valence-corrected chi connectivity index (χ0v) is 11.4. The van der Waals surface area contributed by atoms with E-state index in [1.807, 2.05) is 19.9 Å². The van der Waals surface area contributed by atoms with E-state index in [2.05, 4.69) is 5.32 Å². The fourth-order valence-electron chi connectivity index (χ4n) is 2.05. The fourth-order valence-corrected chi connectivity index (χ4v) is 2.05. The molecule has 3 nitrogen and oxygen atoms in total. The highest BCUT2D eigenvalue weighted by molar-refractivity contribution is 5.30. The monoisotopic (exact) mass is 255 g/mol. The maximum absolute atomic E-state index is 13.6. The van der Waals surface area contributed by atoms with Crippen LogP contribution in [0.2, 0.25) is 0 Å². The number of rotatable bonds is 6. The van der Waals surface area contributed by atoms with E-state index in [0.717, 1.165) is 5.56 Å². The minimum Gasteiger partial charge on any atom is -0.494 e. The van der Waals surface area contributed by atoms with Gasteiger partial charge in [-0.3, -0.25) is 0 Å². The molecule has 0 amide bonds. The zero-order valence-electron chi connectivity index (χ0n) is 11.4. The van der Waals surface area contributed by atoms with Crippen molar-refractivity contribution in [3.8, 4) is 5.75 Å². The van der Waals surface area contributed by atoms with Gasteiger partial charge in [0, 0.05) is 12.1 Å². The lowest BCUT2D eigenvalue weighted by molar-refractivity contribution is 0.168. The van der Waals surface area contributed by atoms with Gasteiger partial charge in [-0.1, -0.05) is 6.07 Å². The lowest BCUT2D eigenvalue weighted by Crippen LogP contribution is -2.31. The Morgan fingerprint density at radius 2 is 2.00 bits per heavy atom. The molecular formula is C14H22FNO2. The van der Waals surface area contributed by atoms with Crippen LogP contribution in [0.3, 0.4) is 0 Å². The van der Waals surface area contributed by atoms with E-state index in [0.29, 0.717) is 6.42 Å². The molecular weight excluding hydrogens is 233 g/mol. The second-order valence-corrected chi connectivity index (χ2v) is 4.77. The summed E-state index contributed by atoms with van der Waals surface area (Å²) in [5.74, 6) is -0.102. The summed E-state index contributed by atoms with van der Waals surface area (Å²) >= 11 is 0. The first kappa shape index (κ1) is 14.9. The quantitative estimate of drug-likeness (QED) is 0.821. The molecule has 0 fully saturated rings. The maximum atomic E-state index is 13.6. The van der Waals surface area contributed by atoms with E-state index in [9.17, 15) is 9.50 Å². The first-order valence-corrected chi connectivity index (χ1v) is 6.21. The molecule has 0 radical (unpaired) electrons. The molecule has 0 aliphatic heterocycles. The Morgan fingerprint density at radius 3 is 2.50 bits per heavy atom. The number of halogens is 1. The van der Waals surface area contributed by atoms with Crippen LogP contribution in [-0.4, -0.2) is 24.4 Å². The Morgan fingerprint density at radius 1 is 1.33 bits per heavy atom. The second kappa shape index (κ2) is 6.71. The van der Waals surface area contributed by atoms with Gasteiger partial charge < -0.3 is 15.2 Å². The van der Waals surface area contributed by atoms with Gasteiger partial charge in [0.05, 0.1) is 13.2 Å². The van der Waals surface area contributed by atoms with Crippen molar-refractivity contribution in [3.63, 3.8) is 0 Å². The Hall–Kier alpha value is -1.13. The topological polar surface area (TPSA) is 41.5 Å². The number of aliphatic hydroxyl groups excluding tert-OH is 1. The summed E-state index contributed by atoms with van der Waals surface area (Å²) in [4.78, 5) is 0. The molecule has 3 atom stereocenters. The van der Waals surface area contributed by atoms with Crippen molar-refractivity contribution in [1.82, 2.24) is 5.32 Å². The van der Waals surface area contributed by atoms with Crippen LogP contribution >= 0.6 is 0 Å². The molecule has 1 rings (SSSR count). The normalized spacial score (nSPS) is 16.1. The third-order valence-electron chi connectivity index (χ3n) is 2.91. The molecule has 0 aliphatic rings. The lowest BCUT2D eigenvalue weighted by Gasteiger charge is -2.21. The van der Waals surface area contributed by atoms with Crippen molar-refractivity contribution in [3.05, 3.63) is 29.6 Å². The van der Waals surface area contributed by atoms with Crippen molar-refractivity contribution >= 4 is 0 Å². The van der Waals surface area contributed by atoms with E-state index in [4.69, 9.17) is 4.74 Å². The predicted octanol–water partition coefficient (Wildman–Crippen LogP) is 2.64. The van der Waals surface area contributed by atoms with Crippen LogP contribution in [-0.2, 0) is 0 Å². The summed E-state index contributed by atoms with van der Waals surface area (Å²) in [5, 5.41) is 12.6. The van der Waals surface area contributed by atoms with Gasteiger partial charge in [-0.2, -0.15) is 0 Å². The van der Waals surface area contributed by atoms with Crippen LogP contribution in [0.4, 0.5) is 4.39 Å². The number of ether oxygens (including phenoxy) is 1. The van der Waals surface area contributed by atoms with Gasteiger partial charge in [-0.25, -0.2) is 4.39 Å². The predicted molar refractivity (Wildman–Crippen MR) is 70.3 cm³/mol. The number of hydrogen-bond acceptors (Lipinski definition) is 3. The van der Waals surface area contributed by atoms with Crippen molar-refractivity contribution in [2.24, 2.45) is 0 Å². The average molecular weight is 255 g/mol. The largest absolute Gasteiger partial charge is 0.494 e. The van der Waals surface area contributed by atoms with Crippen LogP contribution in [0.1, 0.15) is 38.8 Å². The minimum atomic E-state index is -0.355. The molecule has 0 aromatic heterocycles. The van der Waals surface area contributed by atoms with Crippen LogP contribution in [0.15, 0.2) is 18.2 Å². The number of nitrogens with one attached hydrogen (secondary N) is 1. The van der Waals surface area contributed by atoms with Gasteiger partial charge in [0.25, 0.3) is 0 Å². The van der Waals surface area contributed by atoms with Gasteiger partial charge in [0.2, 0.25) is 0 Å². The fraction of sp³-hybridized carbons (Fsp3) is 0.571. The Bertz CT molecular complexity index is 382. The number of hydrogen-bond donors (Lipinski definition) is 2. The van der Waals surface area contributed by atoms with Gasteiger partial charge in [-0.15, -0.1) is 0 Å². The number of methoxy groups -OCH3 is 1. The summed E-state index contributed by atoms with van der Waals surface area (Å²) < 4.78 is 18.5. The number of aliphatic hydroxyl groups is 1. The molecule has 4 heteroatoms. The Kier molecular flexibility index (Phi) is 5.56. The van der Waals surface area contributed by atoms with Crippen molar-refractivity contribution in [2.75, 3.05) is 7.11 Å². The number of benzene rings is 1. The van der Waals surface area contributed by atoms with E-state index in [1.54, 1.807) is 13.0 Å². The molecule has 1 aromatic carbocycles. The van der Waals surface area contributed by atoms with Crippen molar-refractivity contribution in [2.45, 2.75) is 45.4 Å². The smallest absolute Gasteiger partial charge is 0.165 e. The molecule has 2 N–H and O–H groups in total. The molecule has 102 valence electrons. The summed E-state index contributed by atoms with van der Waals surface area (Å²) in [6, 6.07) is 5.15. The van der Waals surface area contributed by atoms with E-state index >= 15 is 0 Å². The molecule has 0 aliphatic carbocycles. The summed E-state index contributed by atoms with van der Waals surface area (Å²) in [6.45, 7) is 5.73. The first-order valence-electron chi connectivity index (χ1n) is 6.21. The van der Waals surface area contributed by atoms with Crippen LogP contribution < -0.4 is 10.1 Å². The van der Waals surface area contributed by atoms with E-state index in [-0.39, 0.29) is 29.8 Å². The highest BCUT2D eigenvalue weighted by Gasteiger charge is 2.13. The molecule has 18 heavy (non-hydrogen) atoms. The molecule has 0 spiro atoms. The lowest BCUT2D eigenvalue weighted by atomic mass is 10.1. The highest BCUT2D eigenvalue weighted by Crippen LogP contribution is 2.22. The van der Waals surface area contributed by atoms with Crippen LogP contribution in [0, 0.1) is 5.82 Å². The Labute approximate surface area is 108 Å². The third kappa shape index (κ3) is 4.27. The molecule has 0 heterocycles. The molecule has 0 saturated heterocycles. The van der Waals surface area contributed by atoms with Gasteiger partial charge in [0.1, 0.15) is 0 Å². The van der Waals surface area contributed by atoms with Crippen LogP contribution in [0.25, 0.3) is 0 Å². The summed E-state index contributed by atoms with van der Waals surface area (Å²) in [6.07, 6.45) is 0.329.